The maximum atomic E-state index is 14.0. The van der Waals surface area contributed by atoms with E-state index in [9.17, 15) is 19.5 Å². The van der Waals surface area contributed by atoms with Gasteiger partial charge in [0.15, 0.2) is 0 Å². The van der Waals surface area contributed by atoms with E-state index in [0.717, 1.165) is 32.2 Å². The van der Waals surface area contributed by atoms with Gasteiger partial charge in [0, 0.05) is 26.1 Å². The van der Waals surface area contributed by atoms with Gasteiger partial charge in [-0.25, -0.2) is 4.79 Å². The maximum absolute atomic E-state index is 14.0. The lowest BCUT2D eigenvalue weighted by Gasteiger charge is -2.68. The molecule has 4 unspecified atom stereocenters. The molecule has 0 bridgehead atoms. The molecule has 1 heterocycles. The predicted octanol–water partition coefficient (Wildman–Crippen LogP) is 10.2. The first kappa shape index (κ1) is 46.9. The highest BCUT2D eigenvalue weighted by Crippen LogP contribution is 2.73. The second kappa shape index (κ2) is 20.1. The van der Waals surface area contributed by atoms with Crippen LogP contribution in [-0.2, 0) is 9.59 Å². The Labute approximate surface area is 334 Å². The molecule has 2 amide bonds. The largest absolute Gasteiger partial charge is 0.478 e. The molecule has 7 rings (SSSR count). The van der Waals surface area contributed by atoms with E-state index in [0.29, 0.717) is 60.1 Å². The van der Waals surface area contributed by atoms with Crippen molar-refractivity contribution in [3.05, 3.63) is 54.6 Å². The molecule has 2 N–H and O–H groups in total. The molecule has 6 nitrogen and oxygen atoms in total. The average Bonchev–Trinajstić information content (AvgIpc) is 3.85. The molecule has 1 saturated heterocycles. The van der Waals surface area contributed by atoms with Gasteiger partial charge in [-0.15, -0.1) is 51.7 Å². The molecule has 0 aromatic heterocycles. The minimum atomic E-state index is -0.874. The molecule has 5 fully saturated rings. The Kier molecular flexibility index (Phi) is 17.2. The van der Waals surface area contributed by atoms with Crippen molar-refractivity contribution < 1.29 is 19.5 Å². The highest BCUT2D eigenvalue weighted by Gasteiger charge is 2.66. The average molecular weight is 751 g/mol. The molecule has 1 aromatic rings. The standard InChI is InChI=1S/C39H54N2O4.C2H6.C2H4.3C2H2/c1-36(2)28(25-9-11-26(12-10-25)34(43)44)15-19-38(4)31(36)17-20-37(3)29-16-21-39(18-5-7-30(39)27(29)13-14-32(37)38)35(45)40-22-24-41-23-6-8-33(41)42;5*1-2/h9-12,15,27,29-32H,5-8,13-14,16-24H2,1-4H3,(H,40,45)(H,43,44);1-2H3;1-2H2;3*1-2H/t27-,29?,30?,31?,32?,37-,38-,39-;;;;;/m0...../s1. The summed E-state index contributed by atoms with van der Waals surface area (Å²) in [6.07, 6.45) is 39.8. The molecule has 8 atom stereocenters. The lowest BCUT2D eigenvalue weighted by atomic mass is 9.36. The summed E-state index contributed by atoms with van der Waals surface area (Å²) >= 11 is 0. The van der Waals surface area contributed by atoms with E-state index in [1.165, 1.54) is 56.1 Å². The first-order valence-electron chi connectivity index (χ1n) is 20.5. The molecule has 55 heavy (non-hydrogen) atoms. The molecular weight excluding hydrogens is 681 g/mol. The Morgan fingerprint density at radius 1 is 0.818 bits per heavy atom. The zero-order chi connectivity index (χ0) is 41.8. The van der Waals surface area contributed by atoms with Crippen molar-refractivity contribution in [1.82, 2.24) is 10.2 Å². The predicted molar refractivity (Wildman–Crippen MR) is 229 cm³/mol. The fourth-order valence-electron chi connectivity index (χ4n) is 12.9. The van der Waals surface area contributed by atoms with Crippen molar-refractivity contribution in [2.75, 3.05) is 19.6 Å². The van der Waals surface area contributed by atoms with E-state index >= 15 is 0 Å². The molecule has 1 aliphatic heterocycles. The van der Waals surface area contributed by atoms with E-state index in [2.05, 4.69) is 90.8 Å². The summed E-state index contributed by atoms with van der Waals surface area (Å²) in [7, 11) is 0. The summed E-state index contributed by atoms with van der Waals surface area (Å²) in [5.41, 5.74) is 3.24. The van der Waals surface area contributed by atoms with Gasteiger partial charge in [-0.1, -0.05) is 66.2 Å². The number of carbonyl (C=O) groups is 3. The van der Waals surface area contributed by atoms with Crippen molar-refractivity contribution in [3.63, 3.8) is 0 Å². The van der Waals surface area contributed by atoms with Gasteiger partial charge >= 0.3 is 5.97 Å². The Bertz CT molecular complexity index is 1540. The normalized spacial score (nSPS) is 33.1. The van der Waals surface area contributed by atoms with Gasteiger partial charge in [-0.3, -0.25) is 9.59 Å². The second-order valence-corrected chi connectivity index (χ2v) is 16.9. The summed E-state index contributed by atoms with van der Waals surface area (Å²) in [5.74, 6) is 2.73. The zero-order valence-corrected chi connectivity index (χ0v) is 34.9. The number of hydrogen-bond donors (Lipinski definition) is 2. The van der Waals surface area contributed by atoms with Gasteiger partial charge in [0.25, 0.3) is 0 Å². The molecule has 6 heteroatoms. The van der Waals surface area contributed by atoms with Crippen LogP contribution in [0.3, 0.4) is 0 Å². The van der Waals surface area contributed by atoms with Crippen LogP contribution < -0.4 is 5.32 Å². The van der Waals surface area contributed by atoms with Gasteiger partial charge in [0.2, 0.25) is 11.8 Å². The first-order valence-corrected chi connectivity index (χ1v) is 20.5. The smallest absolute Gasteiger partial charge is 0.335 e. The number of fused-ring (bicyclic) bond motifs is 7. The number of carboxylic acid groups (broad SMARTS) is 1. The number of aromatic carboxylic acids is 1. The van der Waals surface area contributed by atoms with E-state index in [1.54, 1.807) is 12.1 Å². The maximum Gasteiger partial charge on any atom is 0.335 e. The highest BCUT2D eigenvalue weighted by atomic mass is 16.4. The van der Waals surface area contributed by atoms with Crippen LogP contribution in [0.1, 0.15) is 135 Å². The third kappa shape index (κ3) is 8.48. The molecule has 4 saturated carbocycles. The number of likely N-dealkylation sites (tertiary alicyclic amines) is 1. The fraction of sp³-hybridized carbons (Fsp3) is 0.612. The Morgan fingerprint density at radius 2 is 1.45 bits per heavy atom. The third-order valence-corrected chi connectivity index (χ3v) is 14.8. The van der Waals surface area contributed by atoms with Crippen LogP contribution in [0, 0.1) is 89.8 Å². The third-order valence-electron chi connectivity index (χ3n) is 14.8. The van der Waals surface area contributed by atoms with Crippen molar-refractivity contribution >= 4 is 23.4 Å². The van der Waals surface area contributed by atoms with E-state index < -0.39 is 5.97 Å². The first-order chi connectivity index (χ1) is 26.4. The van der Waals surface area contributed by atoms with Crippen LogP contribution in [0.15, 0.2) is 43.5 Å². The quantitative estimate of drug-likeness (QED) is 0.224. The summed E-state index contributed by atoms with van der Waals surface area (Å²) < 4.78 is 0. The summed E-state index contributed by atoms with van der Waals surface area (Å²) in [4.78, 5) is 39.4. The molecule has 300 valence electrons. The Hall–Kier alpha value is -4.21. The topological polar surface area (TPSA) is 86.7 Å². The zero-order valence-electron chi connectivity index (χ0n) is 34.9. The molecular formula is C49H70N2O4. The highest BCUT2D eigenvalue weighted by molar-refractivity contribution is 5.88. The molecule has 1 aromatic carbocycles. The SMILES string of the molecule is C#C.C#C.C#C.C=C.CC.CC1(C)C(c2ccc(C(=O)O)cc2)=CC[C@@]2(C)C1CC[C@@]1(C)C3CC[C@@]4(C(=O)NCCN5CCCC5=O)CCCC4[C@H]3CCC12. The minimum absolute atomic E-state index is 0.0147. The number of nitrogens with one attached hydrogen (secondary N) is 1. The number of terminal acetylenes is 3. The van der Waals surface area contributed by atoms with Gasteiger partial charge < -0.3 is 15.3 Å². The van der Waals surface area contributed by atoms with Crippen LogP contribution >= 0.6 is 0 Å². The number of carbonyl (C=O) groups excluding carboxylic acids is 2. The number of hydrogen-bond acceptors (Lipinski definition) is 3. The summed E-state index contributed by atoms with van der Waals surface area (Å²) in [6, 6.07) is 7.52. The van der Waals surface area contributed by atoms with E-state index in [1.807, 2.05) is 30.9 Å². The number of rotatable bonds is 6. The lowest BCUT2D eigenvalue weighted by molar-refractivity contribution is -0.181. The molecule has 0 radical (unpaired) electrons. The van der Waals surface area contributed by atoms with Gasteiger partial charge in [0.05, 0.1) is 11.0 Å². The van der Waals surface area contributed by atoms with Crippen molar-refractivity contribution in [2.24, 2.45) is 51.2 Å². The van der Waals surface area contributed by atoms with E-state index in [-0.39, 0.29) is 28.1 Å². The molecule has 5 aliphatic carbocycles. The molecule has 0 spiro atoms. The van der Waals surface area contributed by atoms with Crippen LogP contribution in [0.2, 0.25) is 0 Å². The van der Waals surface area contributed by atoms with Crippen molar-refractivity contribution in [1.29, 1.82) is 0 Å². The number of benzene rings is 1. The van der Waals surface area contributed by atoms with Crippen LogP contribution in [0.25, 0.3) is 5.57 Å². The lowest BCUT2D eigenvalue weighted by Crippen LogP contribution is -2.62. The van der Waals surface area contributed by atoms with Gasteiger partial charge in [0.1, 0.15) is 0 Å². The van der Waals surface area contributed by atoms with E-state index in [4.69, 9.17) is 0 Å². The fourth-order valence-corrected chi connectivity index (χ4v) is 12.9. The van der Waals surface area contributed by atoms with Crippen LogP contribution in [0.5, 0.6) is 0 Å². The number of nitrogens with zero attached hydrogens (tertiary/aromatic N) is 1. The summed E-state index contributed by atoms with van der Waals surface area (Å²) in [5, 5.41) is 12.8. The number of amides is 2. The van der Waals surface area contributed by atoms with Gasteiger partial charge in [-0.2, -0.15) is 0 Å². The van der Waals surface area contributed by atoms with Crippen LogP contribution in [0.4, 0.5) is 0 Å². The van der Waals surface area contributed by atoms with Crippen molar-refractivity contribution in [3.8, 4) is 38.5 Å². The Balaban J connectivity index is 0.000000970. The summed E-state index contributed by atoms with van der Waals surface area (Å²) in [6.45, 7) is 22.2. The number of allylic oxidation sites excluding steroid dienone is 2. The number of carboxylic acids is 1. The minimum Gasteiger partial charge on any atom is -0.478 e. The Morgan fingerprint density at radius 3 is 2.04 bits per heavy atom. The van der Waals surface area contributed by atoms with Gasteiger partial charge in [-0.05, 0) is 133 Å². The second-order valence-electron chi connectivity index (χ2n) is 16.9. The van der Waals surface area contributed by atoms with Crippen LogP contribution in [-0.4, -0.2) is 47.4 Å². The van der Waals surface area contributed by atoms with Crippen molar-refractivity contribution in [2.45, 2.75) is 119 Å². The molecule has 6 aliphatic rings. The monoisotopic (exact) mass is 751 g/mol.